The number of hydrogen-bond donors (Lipinski definition) is 1. The normalized spacial score (nSPS) is 20.6. The van der Waals surface area contributed by atoms with Gasteiger partial charge in [-0.25, -0.2) is 0 Å². The van der Waals surface area contributed by atoms with Gasteiger partial charge in [-0.15, -0.1) is 0 Å². The molecule has 2 aliphatic heterocycles. The number of carbonyl (C=O) groups is 2. The van der Waals surface area contributed by atoms with Gasteiger partial charge in [0, 0.05) is 13.1 Å². The van der Waals surface area contributed by atoms with Crippen LogP contribution in [-0.4, -0.2) is 59.4 Å². The number of nitrogens with zero attached hydrogens (tertiary/aromatic N) is 2. The summed E-state index contributed by atoms with van der Waals surface area (Å²) >= 11 is 0. The molecule has 146 valence electrons. The molecular weight excluding hydrogens is 344 g/mol. The topological polar surface area (TPSA) is 70.1 Å². The molecule has 6 heteroatoms. The Kier molecular flexibility index (Phi) is 6.16. The molecule has 27 heavy (non-hydrogen) atoms. The first-order valence-corrected chi connectivity index (χ1v) is 9.73. The second-order valence-corrected chi connectivity index (χ2v) is 7.19. The molecule has 1 aromatic rings. The maximum Gasteiger partial charge on any atom is 0.290 e. The zero-order chi connectivity index (χ0) is 19.4. The van der Waals surface area contributed by atoms with E-state index < -0.39 is 17.7 Å². The van der Waals surface area contributed by atoms with Crippen LogP contribution in [0.4, 0.5) is 0 Å². The van der Waals surface area contributed by atoms with Gasteiger partial charge in [-0.2, -0.15) is 0 Å². The second-order valence-electron chi connectivity index (χ2n) is 7.19. The van der Waals surface area contributed by atoms with E-state index in [0.29, 0.717) is 18.9 Å². The molecule has 0 aliphatic carbocycles. The molecule has 0 spiro atoms. The average Bonchev–Trinajstić information content (AvgIpc) is 3.26. The van der Waals surface area contributed by atoms with Crippen LogP contribution in [0.5, 0.6) is 5.75 Å². The maximum absolute atomic E-state index is 12.7. The molecule has 0 radical (unpaired) electrons. The highest BCUT2D eigenvalue weighted by atomic mass is 16.5. The fourth-order valence-corrected chi connectivity index (χ4v) is 3.84. The van der Waals surface area contributed by atoms with Gasteiger partial charge in [-0.1, -0.05) is 19.1 Å². The second kappa shape index (κ2) is 8.57. The Bertz CT molecular complexity index is 737. The number of Topliss-reactive ketones (excluding diaryl/α,β-unsaturated/α-hetero) is 1. The van der Waals surface area contributed by atoms with Crippen molar-refractivity contribution in [3.63, 3.8) is 0 Å². The Morgan fingerprint density at radius 3 is 2.67 bits per heavy atom. The van der Waals surface area contributed by atoms with Gasteiger partial charge >= 0.3 is 0 Å². The molecule has 1 fully saturated rings. The Hall–Kier alpha value is -2.34. The van der Waals surface area contributed by atoms with Crippen molar-refractivity contribution in [2.24, 2.45) is 0 Å². The van der Waals surface area contributed by atoms with Crippen LogP contribution in [0, 0.1) is 0 Å². The minimum Gasteiger partial charge on any atom is -0.503 e. The van der Waals surface area contributed by atoms with E-state index in [1.807, 2.05) is 31.2 Å². The Balaban J connectivity index is 1.88. The van der Waals surface area contributed by atoms with Gasteiger partial charge in [0.2, 0.25) is 0 Å². The van der Waals surface area contributed by atoms with Crippen LogP contribution in [0.25, 0.3) is 0 Å². The van der Waals surface area contributed by atoms with E-state index in [1.54, 1.807) is 4.90 Å². The Morgan fingerprint density at radius 1 is 1.26 bits per heavy atom. The molecule has 6 nitrogen and oxygen atoms in total. The standard InChI is InChI=1S/C21H28N2O4/c1-3-13-27-17-8-6-7-16(14-17)19-18(15(2)24)20(25)21(26)23(19)12-11-22-9-4-5-10-22/h6-8,14,19,25H,3-5,9-13H2,1-2H3. The number of aliphatic hydroxyl groups is 1. The first-order valence-electron chi connectivity index (χ1n) is 9.73. The quantitative estimate of drug-likeness (QED) is 0.760. The lowest BCUT2D eigenvalue weighted by molar-refractivity contribution is -0.129. The lowest BCUT2D eigenvalue weighted by atomic mass is 9.96. The van der Waals surface area contributed by atoms with E-state index in [-0.39, 0.29) is 11.4 Å². The predicted molar refractivity (Wildman–Crippen MR) is 103 cm³/mol. The molecule has 1 saturated heterocycles. The molecule has 0 saturated carbocycles. The van der Waals surface area contributed by atoms with Crippen LogP contribution >= 0.6 is 0 Å². The third-order valence-electron chi connectivity index (χ3n) is 5.19. The SMILES string of the molecule is CCCOc1cccc(C2C(C(C)=O)=C(O)C(=O)N2CCN2CCCC2)c1. The van der Waals surface area contributed by atoms with Gasteiger partial charge in [0.25, 0.3) is 5.91 Å². The molecule has 1 atom stereocenters. The van der Waals surface area contributed by atoms with Crippen molar-refractivity contribution in [3.05, 3.63) is 41.2 Å². The Morgan fingerprint density at radius 2 is 2.00 bits per heavy atom. The summed E-state index contributed by atoms with van der Waals surface area (Å²) in [6, 6.07) is 6.89. The van der Waals surface area contributed by atoms with Crippen molar-refractivity contribution in [1.82, 2.24) is 9.80 Å². The summed E-state index contributed by atoms with van der Waals surface area (Å²) in [5.41, 5.74) is 0.960. The monoisotopic (exact) mass is 372 g/mol. The van der Waals surface area contributed by atoms with E-state index in [1.165, 1.54) is 19.8 Å². The first kappa shape index (κ1) is 19.4. The zero-order valence-electron chi connectivity index (χ0n) is 16.1. The molecule has 2 aliphatic rings. The third-order valence-corrected chi connectivity index (χ3v) is 5.19. The summed E-state index contributed by atoms with van der Waals surface area (Å²) in [4.78, 5) is 28.8. The molecule has 1 unspecified atom stereocenters. The van der Waals surface area contributed by atoms with Gasteiger partial charge in [0.15, 0.2) is 11.5 Å². The summed E-state index contributed by atoms with van der Waals surface area (Å²) in [6.45, 7) is 7.32. The number of ketones is 1. The molecule has 3 rings (SSSR count). The summed E-state index contributed by atoms with van der Waals surface area (Å²) in [7, 11) is 0. The molecule has 2 heterocycles. The van der Waals surface area contributed by atoms with Crippen LogP contribution in [0.3, 0.4) is 0 Å². The largest absolute Gasteiger partial charge is 0.503 e. The fraction of sp³-hybridized carbons (Fsp3) is 0.524. The summed E-state index contributed by atoms with van der Waals surface area (Å²) in [6.07, 6.45) is 3.25. The van der Waals surface area contributed by atoms with Crippen molar-refractivity contribution in [1.29, 1.82) is 0 Å². The van der Waals surface area contributed by atoms with E-state index >= 15 is 0 Å². The number of benzene rings is 1. The lowest BCUT2D eigenvalue weighted by Gasteiger charge is -2.28. The van der Waals surface area contributed by atoms with E-state index in [9.17, 15) is 14.7 Å². The number of rotatable bonds is 8. The minimum absolute atomic E-state index is 0.175. The number of carbonyl (C=O) groups excluding carboxylic acids is 2. The highest BCUT2D eigenvalue weighted by Gasteiger charge is 2.42. The third kappa shape index (κ3) is 4.16. The molecular formula is C21H28N2O4. The van der Waals surface area contributed by atoms with Crippen LogP contribution in [0.1, 0.15) is 44.7 Å². The lowest BCUT2D eigenvalue weighted by Crippen LogP contribution is -2.37. The van der Waals surface area contributed by atoms with Crippen LogP contribution < -0.4 is 4.74 Å². The summed E-state index contributed by atoms with van der Waals surface area (Å²) in [5.74, 6) is -0.469. The zero-order valence-corrected chi connectivity index (χ0v) is 16.1. The highest BCUT2D eigenvalue weighted by molar-refractivity contribution is 6.08. The average molecular weight is 372 g/mol. The van der Waals surface area contributed by atoms with Gasteiger partial charge in [-0.3, -0.25) is 9.59 Å². The highest BCUT2D eigenvalue weighted by Crippen LogP contribution is 2.38. The smallest absolute Gasteiger partial charge is 0.290 e. The van der Waals surface area contributed by atoms with Gasteiger partial charge in [0.1, 0.15) is 5.75 Å². The predicted octanol–water partition coefficient (Wildman–Crippen LogP) is 2.86. The van der Waals surface area contributed by atoms with Crippen molar-refractivity contribution in [3.8, 4) is 5.75 Å². The first-order chi connectivity index (χ1) is 13.0. The van der Waals surface area contributed by atoms with E-state index in [0.717, 1.165) is 31.6 Å². The molecule has 1 N–H and O–H groups in total. The van der Waals surface area contributed by atoms with Gasteiger partial charge < -0.3 is 19.6 Å². The molecule has 1 amide bonds. The maximum atomic E-state index is 12.7. The molecule has 1 aromatic carbocycles. The van der Waals surface area contributed by atoms with Crippen molar-refractivity contribution < 1.29 is 19.4 Å². The van der Waals surface area contributed by atoms with Crippen molar-refractivity contribution >= 4 is 11.7 Å². The fourth-order valence-electron chi connectivity index (χ4n) is 3.84. The van der Waals surface area contributed by atoms with Crippen LogP contribution in [-0.2, 0) is 9.59 Å². The molecule has 0 bridgehead atoms. The summed E-state index contributed by atoms with van der Waals surface area (Å²) in [5, 5.41) is 10.4. The summed E-state index contributed by atoms with van der Waals surface area (Å²) < 4.78 is 5.71. The van der Waals surface area contributed by atoms with Crippen LogP contribution in [0.15, 0.2) is 35.6 Å². The Labute approximate surface area is 160 Å². The van der Waals surface area contributed by atoms with Crippen molar-refractivity contribution in [2.45, 2.75) is 39.2 Å². The number of likely N-dealkylation sites (tertiary alicyclic amines) is 1. The number of hydrogen-bond acceptors (Lipinski definition) is 5. The van der Waals surface area contributed by atoms with E-state index in [2.05, 4.69) is 4.90 Å². The minimum atomic E-state index is -0.567. The number of aliphatic hydroxyl groups excluding tert-OH is 1. The van der Waals surface area contributed by atoms with Gasteiger partial charge in [0.05, 0.1) is 18.2 Å². The molecule has 0 aromatic heterocycles. The van der Waals surface area contributed by atoms with Gasteiger partial charge in [-0.05, 0) is 57.0 Å². The number of amides is 1. The van der Waals surface area contributed by atoms with E-state index in [4.69, 9.17) is 4.74 Å². The number of ether oxygens (including phenoxy) is 1. The van der Waals surface area contributed by atoms with Crippen LogP contribution in [0.2, 0.25) is 0 Å². The van der Waals surface area contributed by atoms with Crippen molar-refractivity contribution in [2.75, 3.05) is 32.8 Å².